The Labute approximate surface area is 112 Å². The van der Waals surface area contributed by atoms with Crippen LogP contribution >= 0.6 is 0 Å². The lowest BCUT2D eigenvalue weighted by Crippen LogP contribution is -2.41. The second-order valence-electron chi connectivity index (χ2n) is 4.59. The average Bonchev–Trinajstić information content (AvgIpc) is 2.81. The molecule has 1 aliphatic rings. The third-order valence-electron chi connectivity index (χ3n) is 3.36. The summed E-state index contributed by atoms with van der Waals surface area (Å²) in [5.74, 6) is 5.64. The topological polar surface area (TPSA) is 88.4 Å². The van der Waals surface area contributed by atoms with Crippen LogP contribution in [0.4, 0.5) is 0 Å². The Balaban J connectivity index is 2.17. The summed E-state index contributed by atoms with van der Waals surface area (Å²) in [7, 11) is 0. The van der Waals surface area contributed by atoms with Crippen molar-refractivity contribution in [3.63, 3.8) is 0 Å². The van der Waals surface area contributed by atoms with E-state index in [1.807, 2.05) is 38.1 Å². The summed E-state index contributed by atoms with van der Waals surface area (Å²) in [5, 5.41) is 0. The Hall–Kier alpha value is -1.63. The molecule has 0 bridgehead atoms. The molecule has 1 saturated heterocycles. The van der Waals surface area contributed by atoms with Gasteiger partial charge in [0, 0.05) is 6.04 Å². The summed E-state index contributed by atoms with van der Waals surface area (Å²) >= 11 is 0. The smallest absolute Gasteiger partial charge is 0.240 e. The first-order valence-electron chi connectivity index (χ1n) is 6.41. The van der Waals surface area contributed by atoms with Crippen LogP contribution in [-0.2, 0) is 4.79 Å². The molecule has 0 saturated carbocycles. The minimum absolute atomic E-state index is 0.0140. The molecule has 0 spiro atoms. The molecular weight excluding hydrogens is 244 g/mol. The number of ether oxygens (including phenoxy) is 1. The molecule has 6 nitrogen and oxygen atoms in total. The van der Waals surface area contributed by atoms with Crippen molar-refractivity contribution in [2.45, 2.75) is 25.9 Å². The highest BCUT2D eigenvalue weighted by atomic mass is 16.5. The van der Waals surface area contributed by atoms with Gasteiger partial charge >= 0.3 is 0 Å². The number of rotatable bonds is 4. The maximum atomic E-state index is 11.8. The molecule has 0 aliphatic carbocycles. The Kier molecular flexibility index (Phi) is 4.36. The van der Waals surface area contributed by atoms with E-state index in [-0.39, 0.29) is 23.9 Å². The van der Waals surface area contributed by atoms with E-state index in [0.717, 1.165) is 11.3 Å². The highest BCUT2D eigenvalue weighted by Crippen LogP contribution is 2.29. The van der Waals surface area contributed by atoms with Crippen LogP contribution < -0.4 is 26.9 Å². The molecule has 0 radical (unpaired) electrons. The Morgan fingerprint density at radius 3 is 2.63 bits per heavy atom. The maximum absolute atomic E-state index is 11.8. The molecule has 3 unspecified atom stereocenters. The number of benzene rings is 1. The van der Waals surface area contributed by atoms with Gasteiger partial charge in [-0.05, 0) is 31.5 Å². The van der Waals surface area contributed by atoms with Crippen LogP contribution in [0.3, 0.4) is 0 Å². The molecule has 1 heterocycles. The zero-order valence-corrected chi connectivity index (χ0v) is 11.1. The first-order valence-corrected chi connectivity index (χ1v) is 6.41. The fraction of sp³-hybridized carbons (Fsp3) is 0.462. The van der Waals surface area contributed by atoms with E-state index in [0.29, 0.717) is 6.61 Å². The first kappa shape index (κ1) is 13.8. The van der Waals surface area contributed by atoms with Gasteiger partial charge in [-0.25, -0.2) is 11.3 Å². The third kappa shape index (κ3) is 2.86. The van der Waals surface area contributed by atoms with Gasteiger partial charge in [0.05, 0.1) is 18.6 Å². The van der Waals surface area contributed by atoms with Crippen LogP contribution in [0.25, 0.3) is 0 Å². The van der Waals surface area contributed by atoms with Crippen molar-refractivity contribution in [1.82, 2.24) is 16.3 Å². The van der Waals surface area contributed by atoms with Crippen molar-refractivity contribution < 1.29 is 9.53 Å². The summed E-state index contributed by atoms with van der Waals surface area (Å²) in [5.41, 5.74) is 9.45. The Morgan fingerprint density at radius 2 is 2.05 bits per heavy atom. The summed E-state index contributed by atoms with van der Waals surface area (Å²) in [6.45, 7) is 4.53. The van der Waals surface area contributed by atoms with Crippen LogP contribution in [-0.4, -0.2) is 18.6 Å². The van der Waals surface area contributed by atoms with Gasteiger partial charge in [0.25, 0.3) is 0 Å². The quantitative estimate of drug-likeness (QED) is 0.355. The van der Waals surface area contributed by atoms with Crippen LogP contribution in [0.1, 0.15) is 25.5 Å². The van der Waals surface area contributed by atoms with Gasteiger partial charge in [0.1, 0.15) is 5.75 Å². The number of carbonyl (C=O) groups excluding carboxylic acids is 1. The van der Waals surface area contributed by atoms with E-state index in [1.54, 1.807) is 0 Å². The predicted molar refractivity (Wildman–Crippen MR) is 71.9 cm³/mol. The molecule has 1 aromatic carbocycles. The van der Waals surface area contributed by atoms with Gasteiger partial charge in [-0.15, -0.1) is 0 Å². The molecule has 5 N–H and O–H groups in total. The number of nitrogens with two attached hydrogens (primary N) is 1. The minimum atomic E-state index is -0.247. The number of nitrogens with one attached hydrogen (secondary N) is 3. The maximum Gasteiger partial charge on any atom is 0.240 e. The number of hydrogen-bond donors (Lipinski definition) is 4. The molecule has 1 amide bonds. The minimum Gasteiger partial charge on any atom is -0.494 e. The molecule has 104 valence electrons. The number of hydrazine groups is 2. The van der Waals surface area contributed by atoms with Gasteiger partial charge in [-0.1, -0.05) is 12.1 Å². The van der Waals surface area contributed by atoms with Crippen LogP contribution in [0.2, 0.25) is 0 Å². The van der Waals surface area contributed by atoms with Gasteiger partial charge in [0.2, 0.25) is 5.91 Å². The molecule has 1 fully saturated rings. The molecule has 2 rings (SSSR count). The monoisotopic (exact) mass is 264 g/mol. The largest absolute Gasteiger partial charge is 0.494 e. The van der Waals surface area contributed by atoms with Gasteiger partial charge < -0.3 is 4.74 Å². The number of hydrogen-bond acceptors (Lipinski definition) is 5. The zero-order valence-electron chi connectivity index (χ0n) is 11.1. The predicted octanol–water partition coefficient (Wildman–Crippen LogP) is 0.229. The van der Waals surface area contributed by atoms with Gasteiger partial charge in [0.15, 0.2) is 0 Å². The van der Waals surface area contributed by atoms with E-state index >= 15 is 0 Å². The summed E-state index contributed by atoms with van der Waals surface area (Å²) in [6, 6.07) is 7.63. The fourth-order valence-corrected chi connectivity index (χ4v) is 2.39. The van der Waals surface area contributed by atoms with E-state index < -0.39 is 0 Å². The average molecular weight is 264 g/mol. The summed E-state index contributed by atoms with van der Waals surface area (Å²) in [4.78, 5) is 11.8. The van der Waals surface area contributed by atoms with Crippen LogP contribution in [0.15, 0.2) is 24.3 Å². The molecule has 3 atom stereocenters. The number of carbonyl (C=O) groups is 1. The Morgan fingerprint density at radius 1 is 1.37 bits per heavy atom. The fourth-order valence-electron chi connectivity index (χ4n) is 2.39. The van der Waals surface area contributed by atoms with Gasteiger partial charge in [-0.3, -0.25) is 15.6 Å². The highest BCUT2D eigenvalue weighted by Gasteiger charge is 2.38. The number of amides is 1. The zero-order chi connectivity index (χ0) is 13.8. The second-order valence-corrected chi connectivity index (χ2v) is 4.59. The third-order valence-corrected chi connectivity index (χ3v) is 3.36. The normalized spacial score (nSPS) is 26.2. The van der Waals surface area contributed by atoms with Crippen molar-refractivity contribution in [2.24, 2.45) is 11.8 Å². The molecule has 1 aliphatic heterocycles. The molecule has 6 heteroatoms. The van der Waals surface area contributed by atoms with E-state index in [2.05, 4.69) is 16.3 Å². The van der Waals surface area contributed by atoms with Crippen molar-refractivity contribution in [2.75, 3.05) is 6.61 Å². The molecule has 0 aromatic heterocycles. The van der Waals surface area contributed by atoms with E-state index in [4.69, 9.17) is 10.6 Å². The van der Waals surface area contributed by atoms with E-state index in [1.165, 1.54) is 0 Å². The van der Waals surface area contributed by atoms with Crippen molar-refractivity contribution >= 4 is 5.91 Å². The summed E-state index contributed by atoms with van der Waals surface area (Å²) in [6.07, 6.45) is 0. The molecule has 1 aromatic rings. The lowest BCUT2D eigenvalue weighted by molar-refractivity contribution is -0.125. The molecular formula is C13H20N4O2. The second kappa shape index (κ2) is 6.01. The lowest BCUT2D eigenvalue weighted by atomic mass is 9.89. The SMILES string of the molecule is CCOc1ccc(C2NNC(C)C2C(=O)NN)cc1. The lowest BCUT2D eigenvalue weighted by Gasteiger charge is -2.19. The van der Waals surface area contributed by atoms with Crippen LogP contribution in [0.5, 0.6) is 5.75 Å². The summed E-state index contributed by atoms with van der Waals surface area (Å²) < 4.78 is 5.40. The standard InChI is InChI=1S/C13H20N4O2/c1-3-19-10-6-4-9(5-7-10)12-11(13(18)15-14)8(2)16-17-12/h4-8,11-12,16-17H,3,14H2,1-2H3,(H,15,18). The van der Waals surface area contributed by atoms with Crippen molar-refractivity contribution in [1.29, 1.82) is 0 Å². The first-order chi connectivity index (χ1) is 9.17. The Bertz CT molecular complexity index is 435. The van der Waals surface area contributed by atoms with Crippen molar-refractivity contribution in [3.8, 4) is 5.75 Å². The van der Waals surface area contributed by atoms with Crippen LogP contribution in [0, 0.1) is 5.92 Å². The molecule has 19 heavy (non-hydrogen) atoms. The van der Waals surface area contributed by atoms with Gasteiger partial charge in [-0.2, -0.15) is 0 Å². The van der Waals surface area contributed by atoms with Crippen molar-refractivity contribution in [3.05, 3.63) is 29.8 Å². The van der Waals surface area contributed by atoms with E-state index in [9.17, 15) is 4.79 Å². The highest BCUT2D eigenvalue weighted by molar-refractivity contribution is 5.80.